The second-order valence-corrected chi connectivity index (χ2v) is 6.69. The molecule has 1 aliphatic carbocycles. The van der Waals surface area contributed by atoms with Crippen molar-refractivity contribution in [2.75, 3.05) is 7.11 Å². The smallest absolute Gasteiger partial charge is 0.356 e. The third-order valence-corrected chi connectivity index (χ3v) is 5.09. The van der Waals surface area contributed by atoms with E-state index < -0.39 is 5.97 Å². The van der Waals surface area contributed by atoms with Crippen molar-refractivity contribution in [3.8, 4) is 11.3 Å². The third-order valence-electron chi connectivity index (χ3n) is 5.09. The fraction of sp³-hybridized carbons (Fsp3) is 0.400. The van der Waals surface area contributed by atoms with Crippen LogP contribution in [0.2, 0.25) is 0 Å². The van der Waals surface area contributed by atoms with Crippen LogP contribution < -0.4 is 0 Å². The van der Waals surface area contributed by atoms with Gasteiger partial charge in [0.15, 0.2) is 5.69 Å². The van der Waals surface area contributed by atoms with Crippen LogP contribution in [0.15, 0.2) is 30.5 Å². The Bertz CT molecular complexity index is 809. The van der Waals surface area contributed by atoms with Crippen molar-refractivity contribution in [3.05, 3.63) is 47.4 Å². The van der Waals surface area contributed by atoms with Crippen molar-refractivity contribution in [2.24, 2.45) is 5.92 Å². The number of aromatic nitrogens is 2. The van der Waals surface area contributed by atoms with Crippen molar-refractivity contribution in [3.63, 3.8) is 0 Å². The van der Waals surface area contributed by atoms with Crippen LogP contribution in [0.25, 0.3) is 11.3 Å². The number of carbonyl (C=O) groups is 2. The number of methoxy groups -OCH3 is 1. The highest BCUT2D eigenvalue weighted by atomic mass is 16.5. The molecule has 0 bridgehead atoms. The SMILES string of the molecule is COC(=O)[C@H]1CC[C@H](c2ccc(-c3nc(C(=O)O)cnc3C)cc2)CC1. The molecule has 1 saturated carbocycles. The van der Waals surface area contributed by atoms with E-state index in [2.05, 4.69) is 22.1 Å². The maximum atomic E-state index is 11.6. The topological polar surface area (TPSA) is 89.4 Å². The number of hydrogen-bond donors (Lipinski definition) is 1. The molecule has 0 amide bonds. The average Bonchev–Trinajstić information content (AvgIpc) is 2.68. The molecular weight excluding hydrogens is 332 g/mol. The second kappa shape index (κ2) is 7.64. The zero-order valence-electron chi connectivity index (χ0n) is 14.9. The molecule has 0 aliphatic heterocycles. The van der Waals surface area contributed by atoms with Crippen LogP contribution in [-0.2, 0) is 9.53 Å². The molecule has 26 heavy (non-hydrogen) atoms. The molecule has 2 aromatic rings. The lowest BCUT2D eigenvalue weighted by Crippen LogP contribution is -2.22. The summed E-state index contributed by atoms with van der Waals surface area (Å²) in [4.78, 5) is 31.1. The largest absolute Gasteiger partial charge is 0.476 e. The summed E-state index contributed by atoms with van der Waals surface area (Å²) in [5, 5.41) is 9.10. The van der Waals surface area contributed by atoms with Crippen molar-refractivity contribution >= 4 is 11.9 Å². The molecule has 1 aromatic heterocycles. The van der Waals surface area contributed by atoms with E-state index in [1.165, 1.54) is 18.9 Å². The van der Waals surface area contributed by atoms with E-state index in [1.54, 1.807) is 0 Å². The predicted molar refractivity (Wildman–Crippen MR) is 95.9 cm³/mol. The lowest BCUT2D eigenvalue weighted by atomic mass is 9.78. The van der Waals surface area contributed by atoms with Gasteiger partial charge < -0.3 is 9.84 Å². The van der Waals surface area contributed by atoms with Gasteiger partial charge in [0.05, 0.1) is 30.6 Å². The standard InChI is InChI=1S/C20H22N2O4/c1-12-18(22-17(11-21-12)19(23)24)15-7-3-13(4-8-15)14-5-9-16(10-6-14)20(25)26-2/h3-4,7-8,11,14,16H,5-6,9-10H2,1-2H3,(H,23,24)/t14-,16-. The Labute approximate surface area is 152 Å². The number of carboxylic acid groups (broad SMARTS) is 1. The molecule has 0 radical (unpaired) electrons. The van der Waals surface area contributed by atoms with Crippen LogP contribution in [0, 0.1) is 12.8 Å². The van der Waals surface area contributed by atoms with Crippen LogP contribution in [0.4, 0.5) is 0 Å². The summed E-state index contributed by atoms with van der Waals surface area (Å²) in [6.07, 6.45) is 4.91. The Kier molecular flexibility index (Phi) is 5.30. The quantitative estimate of drug-likeness (QED) is 0.844. The van der Waals surface area contributed by atoms with Crippen LogP contribution in [0.3, 0.4) is 0 Å². The molecule has 136 valence electrons. The first-order chi connectivity index (χ1) is 12.5. The molecule has 0 saturated heterocycles. The molecule has 3 rings (SSSR count). The number of rotatable bonds is 4. The summed E-state index contributed by atoms with van der Waals surface area (Å²) < 4.78 is 4.84. The van der Waals surface area contributed by atoms with Crippen molar-refractivity contribution < 1.29 is 19.4 Å². The number of carbonyl (C=O) groups excluding carboxylic acids is 1. The van der Waals surface area contributed by atoms with Crippen LogP contribution in [0.1, 0.15) is 53.3 Å². The van der Waals surface area contributed by atoms with Crippen LogP contribution >= 0.6 is 0 Å². The number of ether oxygens (including phenoxy) is 1. The minimum absolute atomic E-state index is 0.0206. The number of nitrogens with zero attached hydrogens (tertiary/aromatic N) is 2. The van der Waals surface area contributed by atoms with E-state index >= 15 is 0 Å². The molecule has 6 heteroatoms. The maximum absolute atomic E-state index is 11.6. The van der Waals surface area contributed by atoms with Gasteiger partial charge in [0.25, 0.3) is 0 Å². The number of aromatic carboxylic acids is 1. The zero-order valence-corrected chi connectivity index (χ0v) is 14.9. The molecule has 0 spiro atoms. The van der Waals surface area contributed by atoms with Gasteiger partial charge in [-0.3, -0.25) is 9.78 Å². The first kappa shape index (κ1) is 18.0. The monoisotopic (exact) mass is 354 g/mol. The van der Waals surface area contributed by atoms with Crippen molar-refractivity contribution in [2.45, 2.75) is 38.5 Å². The lowest BCUT2D eigenvalue weighted by Gasteiger charge is -2.27. The summed E-state index contributed by atoms with van der Waals surface area (Å²) in [5.41, 5.74) is 3.31. The molecule has 1 aliphatic rings. The van der Waals surface area contributed by atoms with Gasteiger partial charge in [-0.2, -0.15) is 0 Å². The highest BCUT2D eigenvalue weighted by molar-refractivity contribution is 5.85. The molecule has 0 unspecified atom stereocenters. The molecule has 1 fully saturated rings. The molecule has 1 heterocycles. The zero-order chi connectivity index (χ0) is 18.7. The number of carboxylic acids is 1. The van der Waals surface area contributed by atoms with Gasteiger partial charge in [0.2, 0.25) is 0 Å². The van der Waals surface area contributed by atoms with Gasteiger partial charge in [0.1, 0.15) is 0 Å². The fourth-order valence-corrected chi connectivity index (χ4v) is 3.57. The first-order valence-corrected chi connectivity index (χ1v) is 8.74. The highest BCUT2D eigenvalue weighted by Crippen LogP contribution is 2.36. The van der Waals surface area contributed by atoms with E-state index in [1.807, 2.05) is 19.1 Å². The summed E-state index contributed by atoms with van der Waals surface area (Å²) >= 11 is 0. The average molecular weight is 354 g/mol. The molecular formula is C20H22N2O4. The van der Waals surface area contributed by atoms with Gasteiger partial charge >= 0.3 is 11.9 Å². The van der Waals surface area contributed by atoms with Crippen LogP contribution in [0.5, 0.6) is 0 Å². The maximum Gasteiger partial charge on any atom is 0.356 e. The third kappa shape index (κ3) is 3.74. The molecule has 0 atom stereocenters. The number of esters is 1. The number of aryl methyl sites for hydroxylation is 1. The Balaban J connectivity index is 1.75. The summed E-state index contributed by atoms with van der Waals surface area (Å²) in [7, 11) is 1.44. The van der Waals surface area contributed by atoms with Gasteiger partial charge in [-0.15, -0.1) is 0 Å². The van der Waals surface area contributed by atoms with Gasteiger partial charge in [-0.05, 0) is 44.1 Å². The summed E-state index contributed by atoms with van der Waals surface area (Å²) in [6, 6.07) is 8.05. The van der Waals surface area contributed by atoms with Gasteiger partial charge in [-0.1, -0.05) is 24.3 Å². The Morgan fingerprint density at radius 2 is 1.77 bits per heavy atom. The Morgan fingerprint density at radius 1 is 1.12 bits per heavy atom. The minimum atomic E-state index is -1.09. The van der Waals surface area contributed by atoms with E-state index in [9.17, 15) is 9.59 Å². The van der Waals surface area contributed by atoms with Gasteiger partial charge in [0, 0.05) is 5.56 Å². The summed E-state index contributed by atoms with van der Waals surface area (Å²) in [6.45, 7) is 1.82. The van der Waals surface area contributed by atoms with E-state index in [4.69, 9.17) is 9.84 Å². The summed E-state index contributed by atoms with van der Waals surface area (Å²) in [5.74, 6) is -0.737. The van der Waals surface area contributed by atoms with Crippen molar-refractivity contribution in [1.29, 1.82) is 0 Å². The predicted octanol–water partition coefficient (Wildman–Crippen LogP) is 3.60. The normalized spacial score (nSPS) is 19.8. The number of hydrogen-bond acceptors (Lipinski definition) is 5. The molecule has 1 aromatic carbocycles. The number of benzene rings is 1. The minimum Gasteiger partial charge on any atom is -0.476 e. The second-order valence-electron chi connectivity index (χ2n) is 6.69. The molecule has 1 N–H and O–H groups in total. The Morgan fingerprint density at radius 3 is 2.35 bits per heavy atom. The fourth-order valence-electron chi connectivity index (χ4n) is 3.57. The highest BCUT2D eigenvalue weighted by Gasteiger charge is 2.27. The van der Waals surface area contributed by atoms with E-state index in [0.717, 1.165) is 31.2 Å². The van der Waals surface area contributed by atoms with E-state index in [-0.39, 0.29) is 17.6 Å². The molecule has 6 nitrogen and oxygen atoms in total. The van der Waals surface area contributed by atoms with Crippen LogP contribution in [-0.4, -0.2) is 34.1 Å². The Hall–Kier alpha value is -2.76. The van der Waals surface area contributed by atoms with Gasteiger partial charge in [-0.25, -0.2) is 9.78 Å². The first-order valence-electron chi connectivity index (χ1n) is 8.74. The lowest BCUT2D eigenvalue weighted by molar-refractivity contribution is -0.146. The van der Waals surface area contributed by atoms with Crippen molar-refractivity contribution in [1.82, 2.24) is 9.97 Å². The van der Waals surface area contributed by atoms with E-state index in [0.29, 0.717) is 17.3 Å².